The van der Waals surface area contributed by atoms with Crippen LogP contribution in [0.5, 0.6) is 0 Å². The summed E-state index contributed by atoms with van der Waals surface area (Å²) in [5.74, 6) is 1.47. The summed E-state index contributed by atoms with van der Waals surface area (Å²) in [4.78, 5) is 19.4. The van der Waals surface area contributed by atoms with E-state index >= 15 is 0 Å². The third-order valence-corrected chi connectivity index (χ3v) is 4.79. The number of carbonyl (C=O) groups excluding carboxylic acids is 1. The third-order valence-electron chi connectivity index (χ3n) is 3.63. The molecule has 1 unspecified atom stereocenters. The van der Waals surface area contributed by atoms with Crippen LogP contribution in [0, 0.1) is 13.8 Å². The van der Waals surface area contributed by atoms with E-state index in [1.54, 1.807) is 4.90 Å². The average Bonchev–Trinajstić information content (AvgIpc) is 3.04. The van der Waals surface area contributed by atoms with Crippen molar-refractivity contribution < 1.29 is 14.3 Å². The molecule has 0 saturated carbocycles. The maximum absolute atomic E-state index is 12.6. The third kappa shape index (κ3) is 2.87. The van der Waals surface area contributed by atoms with Gasteiger partial charge in [-0.2, -0.15) is 0 Å². The van der Waals surface area contributed by atoms with Crippen molar-refractivity contribution in [3.05, 3.63) is 28.5 Å². The van der Waals surface area contributed by atoms with Crippen LogP contribution in [-0.2, 0) is 0 Å². The number of aliphatic hydroxyl groups excluding tert-OH is 1. The normalized spacial score (nSPS) is 19.0. The van der Waals surface area contributed by atoms with E-state index in [4.69, 9.17) is 4.42 Å². The average molecular weight is 306 g/mol. The number of piperidine rings is 1. The Hall–Kier alpha value is -1.66. The lowest BCUT2D eigenvalue weighted by Crippen LogP contribution is -2.42. The van der Waals surface area contributed by atoms with E-state index in [9.17, 15) is 9.90 Å². The van der Waals surface area contributed by atoms with Gasteiger partial charge in [0.25, 0.3) is 5.91 Å². The topological polar surface area (TPSA) is 66.6 Å². The lowest BCUT2D eigenvalue weighted by Gasteiger charge is -2.29. The molecule has 5 nitrogen and oxygen atoms in total. The largest absolute Gasteiger partial charge is 0.459 e. The van der Waals surface area contributed by atoms with E-state index in [0.717, 1.165) is 23.6 Å². The van der Waals surface area contributed by atoms with Crippen LogP contribution in [0.4, 0.5) is 0 Å². The molecule has 2 aromatic heterocycles. The Bertz CT molecular complexity index is 662. The summed E-state index contributed by atoms with van der Waals surface area (Å²) < 4.78 is 5.56. The Morgan fingerprint density at radius 2 is 2.29 bits per heavy atom. The fourth-order valence-electron chi connectivity index (χ4n) is 2.53. The number of hydrogen-bond donors (Lipinski definition) is 1. The van der Waals surface area contributed by atoms with Crippen LogP contribution in [0.25, 0.3) is 10.8 Å². The van der Waals surface area contributed by atoms with E-state index in [0.29, 0.717) is 29.4 Å². The number of aliphatic hydroxyl groups is 1. The van der Waals surface area contributed by atoms with Crippen LogP contribution >= 0.6 is 11.3 Å². The first kappa shape index (κ1) is 14.3. The molecule has 0 aliphatic carbocycles. The zero-order valence-corrected chi connectivity index (χ0v) is 12.9. The van der Waals surface area contributed by atoms with Gasteiger partial charge in [0, 0.05) is 13.1 Å². The summed E-state index contributed by atoms with van der Waals surface area (Å²) in [6, 6.07) is 3.75. The molecule has 6 heteroatoms. The number of β-amino-alcohol motifs (C(OH)–C–C–N with tert-alkyl or cyclic N) is 1. The van der Waals surface area contributed by atoms with Crippen molar-refractivity contribution in [2.75, 3.05) is 13.1 Å². The summed E-state index contributed by atoms with van der Waals surface area (Å²) >= 11 is 1.35. The van der Waals surface area contributed by atoms with Gasteiger partial charge in [0.2, 0.25) is 0 Å². The summed E-state index contributed by atoms with van der Waals surface area (Å²) in [5.41, 5.74) is 0.717. The Kier molecular flexibility index (Phi) is 3.82. The summed E-state index contributed by atoms with van der Waals surface area (Å²) in [6.07, 6.45) is 1.19. The minimum atomic E-state index is -0.414. The van der Waals surface area contributed by atoms with Crippen molar-refractivity contribution in [2.24, 2.45) is 0 Å². The number of aromatic nitrogens is 1. The molecular weight excluding hydrogens is 288 g/mol. The maximum Gasteiger partial charge on any atom is 0.265 e. The monoisotopic (exact) mass is 306 g/mol. The lowest BCUT2D eigenvalue weighted by molar-refractivity contribution is 0.0477. The van der Waals surface area contributed by atoms with Crippen molar-refractivity contribution in [1.82, 2.24) is 9.88 Å². The van der Waals surface area contributed by atoms with Gasteiger partial charge in [-0.1, -0.05) is 0 Å². The summed E-state index contributed by atoms with van der Waals surface area (Å²) in [6.45, 7) is 4.82. The highest BCUT2D eigenvalue weighted by atomic mass is 32.1. The molecule has 0 radical (unpaired) electrons. The predicted molar refractivity (Wildman–Crippen MR) is 80.4 cm³/mol. The zero-order valence-electron chi connectivity index (χ0n) is 12.1. The number of hydrogen-bond acceptors (Lipinski definition) is 5. The van der Waals surface area contributed by atoms with Crippen LogP contribution in [-0.4, -0.2) is 40.1 Å². The number of furan rings is 1. The molecular formula is C15H18N2O3S. The molecule has 1 saturated heterocycles. The van der Waals surface area contributed by atoms with Gasteiger partial charge in [0.05, 0.1) is 11.8 Å². The van der Waals surface area contributed by atoms with Crippen LogP contribution < -0.4 is 0 Å². The zero-order chi connectivity index (χ0) is 15.0. The first-order valence-electron chi connectivity index (χ1n) is 7.06. The van der Waals surface area contributed by atoms with Crippen LogP contribution in [0.1, 0.15) is 34.0 Å². The van der Waals surface area contributed by atoms with E-state index in [2.05, 4.69) is 4.98 Å². The molecule has 2 aromatic rings. The fraction of sp³-hybridized carbons (Fsp3) is 0.467. The van der Waals surface area contributed by atoms with Crippen LogP contribution in [0.2, 0.25) is 0 Å². The SMILES string of the molecule is Cc1ccc(-c2nc(C)c(C(=O)N3CCCC(O)C3)s2)o1. The van der Waals surface area contributed by atoms with Crippen molar-refractivity contribution in [3.8, 4) is 10.8 Å². The van der Waals surface area contributed by atoms with Gasteiger partial charge in [-0.15, -0.1) is 11.3 Å². The van der Waals surface area contributed by atoms with Gasteiger partial charge < -0.3 is 14.4 Å². The molecule has 21 heavy (non-hydrogen) atoms. The van der Waals surface area contributed by atoms with Crippen LogP contribution in [0.3, 0.4) is 0 Å². The van der Waals surface area contributed by atoms with E-state index in [-0.39, 0.29) is 5.91 Å². The highest BCUT2D eigenvalue weighted by Gasteiger charge is 2.26. The Morgan fingerprint density at radius 1 is 1.48 bits per heavy atom. The second-order valence-electron chi connectivity index (χ2n) is 5.39. The molecule has 1 aliphatic heterocycles. The summed E-state index contributed by atoms with van der Waals surface area (Å²) in [7, 11) is 0. The molecule has 0 aromatic carbocycles. The quantitative estimate of drug-likeness (QED) is 0.926. The first-order valence-corrected chi connectivity index (χ1v) is 7.88. The van der Waals surface area contributed by atoms with Crippen molar-refractivity contribution in [2.45, 2.75) is 32.8 Å². The molecule has 3 heterocycles. The van der Waals surface area contributed by atoms with Crippen molar-refractivity contribution in [3.63, 3.8) is 0 Å². The molecule has 1 fully saturated rings. The van der Waals surface area contributed by atoms with Crippen molar-refractivity contribution in [1.29, 1.82) is 0 Å². The number of thiazole rings is 1. The van der Waals surface area contributed by atoms with Gasteiger partial charge >= 0.3 is 0 Å². The van der Waals surface area contributed by atoms with E-state index in [1.165, 1.54) is 11.3 Å². The van der Waals surface area contributed by atoms with Crippen LogP contribution in [0.15, 0.2) is 16.5 Å². The maximum atomic E-state index is 12.6. The summed E-state index contributed by atoms with van der Waals surface area (Å²) in [5, 5.41) is 10.4. The second-order valence-corrected chi connectivity index (χ2v) is 6.39. The van der Waals surface area contributed by atoms with Gasteiger partial charge in [-0.25, -0.2) is 4.98 Å². The number of aryl methyl sites for hydroxylation is 2. The van der Waals surface area contributed by atoms with Gasteiger partial charge in [0.1, 0.15) is 10.6 Å². The number of nitrogens with zero attached hydrogens (tertiary/aromatic N) is 2. The molecule has 1 amide bonds. The van der Waals surface area contributed by atoms with Gasteiger partial charge in [0.15, 0.2) is 10.8 Å². The predicted octanol–water partition coefficient (Wildman–Crippen LogP) is 2.62. The molecule has 1 N–H and O–H groups in total. The Morgan fingerprint density at radius 3 is 2.95 bits per heavy atom. The van der Waals surface area contributed by atoms with E-state index in [1.807, 2.05) is 26.0 Å². The highest BCUT2D eigenvalue weighted by molar-refractivity contribution is 7.17. The molecule has 1 atom stereocenters. The van der Waals surface area contributed by atoms with E-state index < -0.39 is 6.10 Å². The Labute approximate surface area is 127 Å². The molecule has 1 aliphatic rings. The molecule has 0 bridgehead atoms. The highest BCUT2D eigenvalue weighted by Crippen LogP contribution is 2.30. The number of rotatable bonds is 2. The minimum absolute atomic E-state index is 0.0433. The second kappa shape index (κ2) is 5.61. The van der Waals surface area contributed by atoms with Gasteiger partial charge in [-0.05, 0) is 38.8 Å². The number of amides is 1. The van der Waals surface area contributed by atoms with Crippen molar-refractivity contribution >= 4 is 17.2 Å². The standard InChI is InChI=1S/C15H18N2O3S/c1-9-5-6-12(20-9)14-16-10(2)13(21-14)15(19)17-7-3-4-11(18)8-17/h5-6,11,18H,3-4,7-8H2,1-2H3. The molecule has 3 rings (SSSR count). The number of carbonyl (C=O) groups is 1. The van der Waals surface area contributed by atoms with Gasteiger partial charge in [-0.3, -0.25) is 4.79 Å². The lowest BCUT2D eigenvalue weighted by atomic mass is 10.1. The minimum Gasteiger partial charge on any atom is -0.459 e. The molecule has 112 valence electrons. The fourth-order valence-corrected chi connectivity index (χ4v) is 3.53. The smallest absolute Gasteiger partial charge is 0.265 e. The molecule has 0 spiro atoms. The first-order chi connectivity index (χ1) is 10.0. The number of likely N-dealkylation sites (tertiary alicyclic amines) is 1. The Balaban J connectivity index is 1.85.